The highest BCUT2D eigenvalue weighted by atomic mass is 35.5. The first-order valence-electron chi connectivity index (χ1n) is 10.1. The first-order valence-corrected chi connectivity index (χ1v) is 10.4. The normalized spacial score (nSPS) is 10.9. The average molecular weight is 343 g/mol. The fourth-order valence-corrected chi connectivity index (χ4v) is 3.08. The summed E-state index contributed by atoms with van der Waals surface area (Å²) in [5, 5.41) is -0.369. The molecular formula is C21H39ClO. The van der Waals surface area contributed by atoms with Crippen LogP contribution in [0.1, 0.15) is 116 Å². The van der Waals surface area contributed by atoms with Gasteiger partial charge in [0.05, 0.1) is 0 Å². The molecule has 0 saturated carbocycles. The van der Waals surface area contributed by atoms with E-state index in [9.17, 15) is 4.79 Å². The maximum absolute atomic E-state index is 10.8. The summed E-state index contributed by atoms with van der Waals surface area (Å²) < 4.78 is 0. The fourth-order valence-electron chi connectivity index (χ4n) is 2.98. The van der Waals surface area contributed by atoms with Crippen molar-refractivity contribution in [1.82, 2.24) is 0 Å². The van der Waals surface area contributed by atoms with Crippen molar-refractivity contribution in [3.05, 3.63) is 12.2 Å². The standard InChI is InChI=1S/C21H39ClO/c1-3-4-5-6-7-8-9-10-11-12-13-14-15-16-17-18-19-20(2)21(22)23/h2-19H2,1H3. The molecule has 1 nitrogen and oxygen atoms in total. The Morgan fingerprint density at radius 2 is 0.957 bits per heavy atom. The molecule has 0 saturated heterocycles. The molecule has 0 fully saturated rings. The van der Waals surface area contributed by atoms with Crippen LogP contribution in [0.4, 0.5) is 0 Å². The Hall–Kier alpha value is -0.300. The lowest BCUT2D eigenvalue weighted by molar-refractivity contribution is -0.108. The number of rotatable bonds is 18. The zero-order chi connectivity index (χ0) is 17.2. The van der Waals surface area contributed by atoms with Gasteiger partial charge in [0.1, 0.15) is 0 Å². The monoisotopic (exact) mass is 342 g/mol. The molecule has 0 atom stereocenters. The van der Waals surface area contributed by atoms with E-state index in [4.69, 9.17) is 11.6 Å². The first-order chi connectivity index (χ1) is 11.2. The molecule has 0 amide bonds. The second kappa shape index (κ2) is 18.0. The largest absolute Gasteiger partial charge is 0.276 e. The molecule has 0 rings (SSSR count). The Kier molecular flexibility index (Phi) is 17.8. The van der Waals surface area contributed by atoms with E-state index in [0.717, 1.165) is 12.8 Å². The van der Waals surface area contributed by atoms with Crippen molar-refractivity contribution in [3.8, 4) is 0 Å². The molecule has 0 bridgehead atoms. The van der Waals surface area contributed by atoms with Gasteiger partial charge in [0.2, 0.25) is 5.24 Å². The molecular weight excluding hydrogens is 304 g/mol. The van der Waals surface area contributed by atoms with Gasteiger partial charge in [-0.05, 0) is 24.4 Å². The van der Waals surface area contributed by atoms with E-state index >= 15 is 0 Å². The van der Waals surface area contributed by atoms with E-state index in [0.29, 0.717) is 5.57 Å². The Morgan fingerprint density at radius 1 is 0.652 bits per heavy atom. The summed E-state index contributed by atoms with van der Waals surface area (Å²) in [6.45, 7) is 5.96. The molecule has 0 spiro atoms. The second-order valence-electron chi connectivity index (χ2n) is 6.93. The van der Waals surface area contributed by atoms with E-state index in [1.807, 2.05) is 0 Å². The van der Waals surface area contributed by atoms with E-state index in [-0.39, 0.29) is 5.24 Å². The number of carbonyl (C=O) groups excluding carboxylic acids is 1. The molecule has 0 aliphatic heterocycles. The Bertz CT molecular complexity index is 286. The van der Waals surface area contributed by atoms with E-state index in [2.05, 4.69) is 13.5 Å². The molecule has 0 aliphatic carbocycles. The lowest BCUT2D eigenvalue weighted by Crippen LogP contribution is -1.91. The first kappa shape index (κ1) is 22.7. The van der Waals surface area contributed by atoms with E-state index in [1.54, 1.807) is 0 Å². The van der Waals surface area contributed by atoms with Crippen LogP contribution < -0.4 is 0 Å². The van der Waals surface area contributed by atoms with Crippen molar-refractivity contribution < 1.29 is 4.79 Å². The predicted molar refractivity (Wildman–Crippen MR) is 104 cm³/mol. The summed E-state index contributed by atoms with van der Waals surface area (Å²) in [4.78, 5) is 10.8. The van der Waals surface area contributed by atoms with Crippen LogP contribution in [0.25, 0.3) is 0 Å². The van der Waals surface area contributed by atoms with E-state index < -0.39 is 0 Å². The Labute approximate surface area is 150 Å². The van der Waals surface area contributed by atoms with Crippen LogP contribution in [-0.4, -0.2) is 5.24 Å². The van der Waals surface area contributed by atoms with Crippen LogP contribution in [0.2, 0.25) is 0 Å². The molecule has 0 N–H and O–H groups in total. The van der Waals surface area contributed by atoms with Crippen LogP contribution >= 0.6 is 11.6 Å². The number of hydrogen-bond donors (Lipinski definition) is 0. The third kappa shape index (κ3) is 17.9. The summed E-state index contributed by atoms with van der Waals surface area (Å²) in [5.74, 6) is 0. The average Bonchev–Trinajstić information content (AvgIpc) is 2.54. The molecule has 0 unspecified atom stereocenters. The number of allylic oxidation sites excluding steroid dienone is 1. The van der Waals surface area contributed by atoms with Crippen molar-refractivity contribution >= 4 is 16.8 Å². The lowest BCUT2D eigenvalue weighted by atomic mass is 10.0. The topological polar surface area (TPSA) is 17.1 Å². The van der Waals surface area contributed by atoms with Crippen LogP contribution in [0, 0.1) is 0 Å². The summed E-state index contributed by atoms with van der Waals surface area (Å²) in [6.07, 6.45) is 22.6. The number of halogens is 1. The van der Waals surface area contributed by atoms with Gasteiger partial charge in [0.15, 0.2) is 0 Å². The second-order valence-corrected chi connectivity index (χ2v) is 7.27. The van der Waals surface area contributed by atoms with E-state index in [1.165, 1.54) is 96.3 Å². The lowest BCUT2D eigenvalue weighted by Gasteiger charge is -2.04. The summed E-state index contributed by atoms with van der Waals surface area (Å²) in [7, 11) is 0. The Morgan fingerprint density at radius 3 is 1.26 bits per heavy atom. The molecule has 0 aliphatic rings. The van der Waals surface area contributed by atoms with Gasteiger partial charge in [0, 0.05) is 5.57 Å². The molecule has 0 aromatic carbocycles. The summed E-state index contributed by atoms with van der Waals surface area (Å²) >= 11 is 5.36. The van der Waals surface area contributed by atoms with Gasteiger partial charge in [-0.15, -0.1) is 0 Å². The third-order valence-corrected chi connectivity index (χ3v) is 4.88. The third-order valence-electron chi connectivity index (χ3n) is 4.61. The summed E-state index contributed by atoms with van der Waals surface area (Å²) in [5.41, 5.74) is 0.567. The van der Waals surface area contributed by atoms with Gasteiger partial charge in [0.25, 0.3) is 0 Å². The quantitative estimate of drug-likeness (QED) is 0.140. The zero-order valence-corrected chi connectivity index (χ0v) is 16.3. The highest BCUT2D eigenvalue weighted by Crippen LogP contribution is 2.15. The van der Waals surface area contributed by atoms with Gasteiger partial charge >= 0.3 is 0 Å². The van der Waals surface area contributed by atoms with Gasteiger partial charge < -0.3 is 0 Å². The van der Waals surface area contributed by atoms with Crippen molar-refractivity contribution in [1.29, 1.82) is 0 Å². The number of hydrogen-bond acceptors (Lipinski definition) is 1. The SMILES string of the molecule is C=C(CCCCCCCCCCCCCCCCCC)C(=O)Cl. The van der Waals surface area contributed by atoms with Crippen LogP contribution in [0.3, 0.4) is 0 Å². The minimum atomic E-state index is -0.369. The highest BCUT2D eigenvalue weighted by Gasteiger charge is 2.01. The van der Waals surface area contributed by atoms with Crippen LogP contribution in [-0.2, 0) is 4.79 Å². The number of unbranched alkanes of at least 4 members (excludes halogenated alkanes) is 15. The molecule has 23 heavy (non-hydrogen) atoms. The minimum Gasteiger partial charge on any atom is -0.276 e. The fraction of sp³-hybridized carbons (Fsp3) is 0.857. The molecule has 2 heteroatoms. The maximum Gasteiger partial charge on any atom is 0.247 e. The zero-order valence-electron chi connectivity index (χ0n) is 15.5. The summed E-state index contributed by atoms with van der Waals surface area (Å²) in [6, 6.07) is 0. The smallest absolute Gasteiger partial charge is 0.247 e. The Balaban J connectivity index is 3.05. The van der Waals surface area contributed by atoms with Crippen LogP contribution in [0.15, 0.2) is 12.2 Å². The molecule has 0 heterocycles. The molecule has 0 aromatic heterocycles. The number of carbonyl (C=O) groups is 1. The predicted octanol–water partition coefficient (Wildman–Crippen LogP) is 7.96. The maximum atomic E-state index is 10.8. The van der Waals surface area contributed by atoms with Gasteiger partial charge in [-0.2, -0.15) is 0 Å². The van der Waals surface area contributed by atoms with Gasteiger partial charge in [-0.1, -0.05) is 110 Å². The molecule has 0 aromatic rings. The minimum absolute atomic E-state index is 0.369. The van der Waals surface area contributed by atoms with Crippen LogP contribution in [0.5, 0.6) is 0 Å². The van der Waals surface area contributed by atoms with Gasteiger partial charge in [-0.3, -0.25) is 4.79 Å². The van der Waals surface area contributed by atoms with Crippen molar-refractivity contribution in [2.75, 3.05) is 0 Å². The van der Waals surface area contributed by atoms with Crippen molar-refractivity contribution in [3.63, 3.8) is 0 Å². The van der Waals surface area contributed by atoms with Gasteiger partial charge in [-0.25, -0.2) is 0 Å². The van der Waals surface area contributed by atoms with Crippen molar-refractivity contribution in [2.24, 2.45) is 0 Å². The molecule has 136 valence electrons. The highest BCUT2D eigenvalue weighted by molar-refractivity contribution is 6.67. The van der Waals surface area contributed by atoms with Crippen molar-refractivity contribution in [2.45, 2.75) is 116 Å². The molecule has 0 radical (unpaired) electrons.